The number of ether oxygens (including phenoxy) is 2. The number of carbonyl (C=O) groups excluding carboxylic acids is 3. The molecule has 0 aliphatic carbocycles. The van der Waals surface area contributed by atoms with Crippen molar-refractivity contribution in [3.05, 3.63) is 100 Å². The molecule has 5 rings (SSSR count). The molecule has 0 aromatic heterocycles. The molecule has 0 bridgehead atoms. The topological polar surface area (TPSA) is 149 Å². The van der Waals surface area contributed by atoms with Gasteiger partial charge >= 0.3 is 12.1 Å². The lowest BCUT2D eigenvalue weighted by atomic mass is 10.0. The van der Waals surface area contributed by atoms with Crippen LogP contribution in [0.1, 0.15) is 54.0 Å². The molecule has 3 atom stereocenters. The zero-order valence-electron chi connectivity index (χ0n) is 29.2. The van der Waals surface area contributed by atoms with Crippen molar-refractivity contribution in [3.63, 3.8) is 0 Å². The van der Waals surface area contributed by atoms with E-state index < -0.39 is 47.8 Å². The molecule has 1 heterocycles. The fourth-order valence-corrected chi connectivity index (χ4v) is 6.31. The first-order valence-electron chi connectivity index (χ1n) is 16.3. The van der Waals surface area contributed by atoms with Gasteiger partial charge in [-0.3, -0.25) is 14.5 Å². The monoisotopic (exact) mass is 760 g/mol. The predicted octanol–water partition coefficient (Wildman–Crippen LogP) is 6.03. The van der Waals surface area contributed by atoms with Crippen molar-refractivity contribution >= 4 is 62.0 Å². The molecule has 0 radical (unpaired) electrons. The number of carbonyl (C=O) groups is 4. The second kappa shape index (κ2) is 15.0. The molecular weight excluding hydrogens is 720 g/mol. The third kappa shape index (κ3) is 8.10. The minimum absolute atomic E-state index is 0.0220. The largest absolute Gasteiger partial charge is 0.496 e. The number of aliphatic hydroxyl groups is 1. The number of carboxylic acids is 1. The molecule has 12 nitrogen and oxygen atoms in total. The Morgan fingerprint density at radius 3 is 2.25 bits per heavy atom. The van der Waals surface area contributed by atoms with Crippen LogP contribution < -0.4 is 19.9 Å². The van der Waals surface area contributed by atoms with Gasteiger partial charge in [0.1, 0.15) is 23.6 Å². The maximum Gasteiger partial charge on any atom is 0.410 e. The van der Waals surface area contributed by atoms with Gasteiger partial charge in [0.2, 0.25) is 5.91 Å². The first kappa shape index (κ1) is 37.1. The average Bonchev–Trinajstić information content (AvgIpc) is 3.20. The first-order valence-corrected chi connectivity index (χ1v) is 17.1. The summed E-state index contributed by atoms with van der Waals surface area (Å²) in [6.07, 6.45) is -2.08. The molecule has 1 aliphatic rings. The fourth-order valence-electron chi connectivity index (χ4n) is 5.93. The highest BCUT2D eigenvalue weighted by Crippen LogP contribution is 2.39. The van der Waals surface area contributed by atoms with Crippen LogP contribution in [0.4, 0.5) is 16.2 Å². The highest BCUT2D eigenvalue weighted by Gasteiger charge is 2.39. The van der Waals surface area contributed by atoms with E-state index in [1.165, 1.54) is 41.1 Å². The molecule has 3 N–H and O–H groups in total. The number of anilines is 2. The number of hydrogen-bond donors (Lipinski definition) is 3. The van der Waals surface area contributed by atoms with Gasteiger partial charge < -0.3 is 34.8 Å². The van der Waals surface area contributed by atoms with Gasteiger partial charge in [-0.05, 0) is 93.1 Å². The van der Waals surface area contributed by atoms with Crippen LogP contribution in [0.2, 0.25) is 0 Å². The van der Waals surface area contributed by atoms with Crippen molar-refractivity contribution in [1.82, 2.24) is 10.2 Å². The zero-order chi connectivity index (χ0) is 37.2. The van der Waals surface area contributed by atoms with Crippen LogP contribution in [-0.4, -0.2) is 83.6 Å². The molecule has 4 aromatic carbocycles. The number of carboxylic acid groups (broad SMARTS) is 1. The van der Waals surface area contributed by atoms with E-state index in [0.29, 0.717) is 17.1 Å². The zero-order valence-corrected chi connectivity index (χ0v) is 30.8. The van der Waals surface area contributed by atoms with Gasteiger partial charge in [-0.2, -0.15) is 0 Å². The fraction of sp³-hybridized carbons (Fsp3) is 0.316. The van der Waals surface area contributed by atoms with Gasteiger partial charge in [-0.15, -0.1) is 0 Å². The molecule has 0 fully saturated rings. The summed E-state index contributed by atoms with van der Waals surface area (Å²) in [5, 5.41) is 26.4. The maximum atomic E-state index is 14.2. The third-order valence-corrected chi connectivity index (χ3v) is 9.23. The summed E-state index contributed by atoms with van der Waals surface area (Å²) in [4.78, 5) is 56.7. The van der Waals surface area contributed by atoms with E-state index in [1.54, 1.807) is 64.0 Å². The van der Waals surface area contributed by atoms with E-state index in [1.807, 2.05) is 30.3 Å². The number of hydrogen-bond acceptors (Lipinski definition) is 8. The van der Waals surface area contributed by atoms with E-state index >= 15 is 0 Å². The number of halogens is 1. The normalized spacial score (nSPS) is 16.5. The van der Waals surface area contributed by atoms with Crippen molar-refractivity contribution in [1.29, 1.82) is 0 Å². The number of fused-ring (bicyclic) bond motifs is 2. The number of aliphatic hydroxyl groups excluding tert-OH is 1. The lowest BCUT2D eigenvalue weighted by molar-refractivity contribution is -0.126. The van der Waals surface area contributed by atoms with E-state index in [2.05, 4.69) is 21.2 Å². The molecule has 51 heavy (non-hydrogen) atoms. The van der Waals surface area contributed by atoms with Crippen LogP contribution in [0.25, 0.3) is 10.8 Å². The number of likely N-dealkylation sites (N-methyl/N-ethyl adjacent to an activating group) is 1. The Morgan fingerprint density at radius 2 is 1.63 bits per heavy atom. The Kier molecular flexibility index (Phi) is 10.9. The molecular formula is C38H41BrN4O8. The second-order valence-electron chi connectivity index (χ2n) is 13.3. The molecule has 13 heteroatoms. The number of benzene rings is 4. The van der Waals surface area contributed by atoms with Gasteiger partial charge in [0, 0.05) is 29.2 Å². The van der Waals surface area contributed by atoms with Crippen molar-refractivity contribution < 1.29 is 38.9 Å². The van der Waals surface area contributed by atoms with E-state index in [9.17, 15) is 29.4 Å². The quantitative estimate of drug-likeness (QED) is 0.196. The lowest BCUT2D eigenvalue weighted by Gasteiger charge is -2.35. The summed E-state index contributed by atoms with van der Waals surface area (Å²) in [6.45, 7) is 6.67. The molecule has 2 unspecified atom stereocenters. The van der Waals surface area contributed by atoms with E-state index in [0.717, 1.165) is 20.8 Å². The number of rotatable bonds is 8. The minimum Gasteiger partial charge on any atom is -0.496 e. The van der Waals surface area contributed by atoms with Crippen molar-refractivity contribution in [2.75, 3.05) is 30.5 Å². The van der Waals surface area contributed by atoms with Crippen LogP contribution >= 0.6 is 15.9 Å². The van der Waals surface area contributed by atoms with Crippen molar-refractivity contribution in [2.45, 2.75) is 58.2 Å². The molecule has 0 saturated heterocycles. The molecule has 3 amide bonds. The summed E-state index contributed by atoms with van der Waals surface area (Å²) in [6, 6.07) is 20.2. The highest BCUT2D eigenvalue weighted by atomic mass is 79.9. The van der Waals surface area contributed by atoms with Crippen LogP contribution in [0.5, 0.6) is 5.75 Å². The van der Waals surface area contributed by atoms with Crippen LogP contribution in [0, 0.1) is 0 Å². The number of nitrogens with zero attached hydrogens (tertiary/aromatic N) is 3. The standard InChI is InChI=1S/C38H41BrN4O8/c1-22(41(5)37(49)51-38(2,3)4)33(44)40-29-21-43(34(45)23-11-13-24(14-12-23)36(47)48)31-10-8-7-9-30(31)42(35(29)46)20-28-27-17-16-26(39)19-25(27)15-18-32(28)50-6/h7-19,22,29,35,46H,20-21H2,1-6H3,(H,40,44)(H,47,48)/t22?,29-,35?/m0/s1. The molecule has 0 saturated carbocycles. The molecule has 0 spiro atoms. The number of aromatic carboxylic acids is 1. The first-order chi connectivity index (χ1) is 24.1. The SMILES string of the molecule is COc1ccc2cc(Br)ccc2c1CN1c2ccccc2N(C(=O)c2ccc(C(=O)O)cc2)C[C@H](NC(=O)C(C)N(C)C(=O)OC(C)(C)C)C1O. The Morgan fingerprint density at radius 1 is 0.980 bits per heavy atom. The van der Waals surface area contributed by atoms with Gasteiger partial charge in [0.15, 0.2) is 0 Å². The number of nitrogens with one attached hydrogen (secondary N) is 1. The summed E-state index contributed by atoms with van der Waals surface area (Å²) in [5.74, 6) is -1.60. The number of amides is 3. The predicted molar refractivity (Wildman–Crippen MR) is 197 cm³/mol. The van der Waals surface area contributed by atoms with Crippen molar-refractivity contribution in [3.8, 4) is 5.75 Å². The Hall–Kier alpha value is -5.14. The summed E-state index contributed by atoms with van der Waals surface area (Å²) in [5.41, 5.74) is 1.18. The maximum absolute atomic E-state index is 14.2. The van der Waals surface area contributed by atoms with Gasteiger partial charge in [-0.1, -0.05) is 40.2 Å². The van der Waals surface area contributed by atoms with Gasteiger partial charge in [0.25, 0.3) is 5.91 Å². The van der Waals surface area contributed by atoms with Crippen LogP contribution in [-0.2, 0) is 16.1 Å². The molecule has 268 valence electrons. The smallest absolute Gasteiger partial charge is 0.410 e. The highest BCUT2D eigenvalue weighted by molar-refractivity contribution is 9.10. The van der Waals surface area contributed by atoms with Crippen LogP contribution in [0.3, 0.4) is 0 Å². The Labute approximate surface area is 304 Å². The summed E-state index contributed by atoms with van der Waals surface area (Å²) in [7, 11) is 3.02. The molecule has 4 aromatic rings. The van der Waals surface area contributed by atoms with E-state index in [4.69, 9.17) is 9.47 Å². The van der Waals surface area contributed by atoms with Crippen LogP contribution in [0.15, 0.2) is 83.3 Å². The average molecular weight is 762 g/mol. The Bertz CT molecular complexity index is 1960. The lowest BCUT2D eigenvalue weighted by Crippen LogP contribution is -2.58. The molecule has 1 aliphatic heterocycles. The van der Waals surface area contributed by atoms with Crippen molar-refractivity contribution in [2.24, 2.45) is 0 Å². The minimum atomic E-state index is -1.38. The third-order valence-electron chi connectivity index (χ3n) is 8.73. The second-order valence-corrected chi connectivity index (χ2v) is 14.2. The summed E-state index contributed by atoms with van der Waals surface area (Å²) >= 11 is 3.54. The van der Waals surface area contributed by atoms with Gasteiger partial charge in [0.05, 0.1) is 36.6 Å². The van der Waals surface area contributed by atoms with Gasteiger partial charge in [-0.25, -0.2) is 9.59 Å². The number of para-hydroxylation sites is 2. The Balaban J connectivity index is 1.59. The van der Waals surface area contributed by atoms with E-state index in [-0.39, 0.29) is 24.2 Å². The summed E-state index contributed by atoms with van der Waals surface area (Å²) < 4.78 is 12.1. The number of methoxy groups -OCH3 is 1.